The van der Waals surface area contributed by atoms with Gasteiger partial charge in [0.25, 0.3) is 0 Å². The van der Waals surface area contributed by atoms with Crippen LogP contribution in [0.25, 0.3) is 5.69 Å². The molecule has 7 nitrogen and oxygen atoms in total. The molecule has 1 heterocycles. The molecule has 2 rings (SSSR count). The normalized spacial score (nSPS) is 11.1. The quantitative estimate of drug-likeness (QED) is 0.732. The van der Waals surface area contributed by atoms with Gasteiger partial charge in [0.1, 0.15) is 25.9 Å². The number of rotatable bonds is 5. The maximum Gasteiger partial charge on any atom is 0.368 e. The second-order valence-corrected chi connectivity index (χ2v) is 4.97. The fourth-order valence-corrected chi connectivity index (χ4v) is 2.00. The lowest BCUT2D eigenvalue weighted by atomic mass is 9.85. The molecular formula is C13H17BN4O3. The Morgan fingerprint density at radius 3 is 2.62 bits per heavy atom. The first-order valence-electron chi connectivity index (χ1n) is 6.62. The van der Waals surface area contributed by atoms with Crippen LogP contribution in [0.15, 0.2) is 16.9 Å². The highest BCUT2D eigenvalue weighted by molar-refractivity contribution is 6.33. The van der Waals surface area contributed by atoms with Crippen LogP contribution in [0, 0.1) is 0 Å². The van der Waals surface area contributed by atoms with Crippen LogP contribution in [0.4, 0.5) is 0 Å². The van der Waals surface area contributed by atoms with Crippen LogP contribution in [-0.2, 0) is 7.05 Å². The maximum atomic E-state index is 12.0. The number of tetrazole rings is 1. The monoisotopic (exact) mass is 288 g/mol. The van der Waals surface area contributed by atoms with E-state index >= 15 is 0 Å². The molecule has 0 bridgehead atoms. The third-order valence-electron chi connectivity index (χ3n) is 3.09. The van der Waals surface area contributed by atoms with Gasteiger partial charge < -0.3 is 9.84 Å². The van der Waals surface area contributed by atoms with E-state index in [2.05, 4.69) is 10.4 Å². The number of aliphatic hydroxyl groups is 1. The molecule has 0 saturated heterocycles. The smallest absolute Gasteiger partial charge is 0.368 e. The Balaban J connectivity index is 2.62. The van der Waals surface area contributed by atoms with E-state index in [-0.39, 0.29) is 24.8 Å². The van der Waals surface area contributed by atoms with Gasteiger partial charge in [-0.2, -0.15) is 9.36 Å². The lowest BCUT2D eigenvalue weighted by molar-refractivity contribution is 0.201. The predicted molar refractivity (Wildman–Crippen MR) is 78.7 cm³/mol. The average Bonchev–Trinajstić information content (AvgIpc) is 2.76. The van der Waals surface area contributed by atoms with E-state index in [0.29, 0.717) is 16.9 Å². The van der Waals surface area contributed by atoms with Crippen molar-refractivity contribution in [3.05, 3.63) is 28.2 Å². The summed E-state index contributed by atoms with van der Waals surface area (Å²) in [5.74, 6) is 0.566. The Bertz CT molecular complexity index is 693. The van der Waals surface area contributed by atoms with Crippen LogP contribution in [0.2, 0.25) is 0 Å². The molecular weight excluding hydrogens is 271 g/mol. The summed E-state index contributed by atoms with van der Waals surface area (Å²) in [5.41, 5.74) is 1.53. The molecule has 1 aromatic carbocycles. The van der Waals surface area contributed by atoms with Gasteiger partial charge in [-0.3, -0.25) is 0 Å². The first kappa shape index (κ1) is 15.3. The Morgan fingerprint density at radius 2 is 2.10 bits per heavy atom. The molecule has 0 saturated carbocycles. The summed E-state index contributed by atoms with van der Waals surface area (Å²) < 4.78 is 7.73. The van der Waals surface area contributed by atoms with E-state index < -0.39 is 0 Å². The van der Waals surface area contributed by atoms with Crippen molar-refractivity contribution in [3.8, 4) is 11.4 Å². The average molecular weight is 288 g/mol. The summed E-state index contributed by atoms with van der Waals surface area (Å²) >= 11 is 0. The number of hydrogen-bond donors (Lipinski definition) is 1. The van der Waals surface area contributed by atoms with Gasteiger partial charge in [0, 0.05) is 7.05 Å². The maximum absolute atomic E-state index is 12.0. The molecule has 2 aromatic rings. The van der Waals surface area contributed by atoms with Crippen molar-refractivity contribution in [3.63, 3.8) is 0 Å². The highest BCUT2D eigenvalue weighted by Crippen LogP contribution is 2.24. The van der Waals surface area contributed by atoms with Crippen LogP contribution < -0.4 is 15.9 Å². The first-order chi connectivity index (χ1) is 9.95. The number of hydrogen-bond acceptors (Lipinski definition) is 5. The minimum atomic E-state index is -0.386. The number of aryl methyl sites for hydroxylation is 1. The van der Waals surface area contributed by atoms with E-state index in [9.17, 15) is 4.79 Å². The molecule has 0 aliphatic rings. The zero-order chi connectivity index (χ0) is 15.6. The number of aliphatic hydroxyl groups excluding tert-OH is 1. The first-order valence-corrected chi connectivity index (χ1v) is 6.62. The van der Waals surface area contributed by atoms with Gasteiger partial charge in [-0.05, 0) is 28.5 Å². The minimum Gasteiger partial charge on any atom is -0.489 e. The van der Waals surface area contributed by atoms with Crippen LogP contribution >= 0.6 is 0 Å². The number of aromatic nitrogens is 4. The van der Waals surface area contributed by atoms with E-state index in [1.54, 1.807) is 12.1 Å². The molecule has 2 radical (unpaired) electrons. The van der Waals surface area contributed by atoms with Crippen molar-refractivity contribution in [1.29, 1.82) is 0 Å². The van der Waals surface area contributed by atoms with Crippen molar-refractivity contribution < 1.29 is 9.84 Å². The van der Waals surface area contributed by atoms with Gasteiger partial charge in [-0.1, -0.05) is 24.9 Å². The molecule has 0 spiro atoms. The summed E-state index contributed by atoms with van der Waals surface area (Å²) in [6, 6.07) is 3.41. The Kier molecular flexibility index (Phi) is 4.47. The molecule has 0 fully saturated rings. The minimum absolute atomic E-state index is 0.0997. The van der Waals surface area contributed by atoms with Gasteiger partial charge in [0.2, 0.25) is 0 Å². The molecule has 1 N–H and O–H groups in total. The Hall–Kier alpha value is -2.09. The highest BCUT2D eigenvalue weighted by Gasteiger charge is 2.16. The SMILES string of the molecule is [B]c1cc(OCCO)c(-n2nnn(C)c2=O)cc1C(C)C. The second-order valence-electron chi connectivity index (χ2n) is 4.97. The van der Waals surface area contributed by atoms with E-state index in [0.717, 1.165) is 14.9 Å². The molecule has 0 amide bonds. The fourth-order valence-electron chi connectivity index (χ4n) is 2.00. The van der Waals surface area contributed by atoms with Gasteiger partial charge >= 0.3 is 5.69 Å². The molecule has 21 heavy (non-hydrogen) atoms. The third kappa shape index (κ3) is 3.00. The van der Waals surface area contributed by atoms with E-state index in [4.69, 9.17) is 17.7 Å². The van der Waals surface area contributed by atoms with Crippen molar-refractivity contribution >= 4 is 13.3 Å². The van der Waals surface area contributed by atoms with Crippen LogP contribution in [0.5, 0.6) is 5.75 Å². The summed E-state index contributed by atoms with van der Waals surface area (Å²) in [4.78, 5) is 12.0. The number of benzene rings is 1. The standard InChI is InChI=1S/C13H17BN4O3/c1-8(2)9-6-11(18-13(20)17(3)15-16-18)12(7-10(9)14)21-5-4-19/h6-8,19H,4-5H2,1-3H3. The number of ether oxygens (including phenoxy) is 1. The van der Waals surface area contributed by atoms with Crippen LogP contribution in [0.3, 0.4) is 0 Å². The summed E-state index contributed by atoms with van der Waals surface area (Å²) in [6.07, 6.45) is 0. The zero-order valence-electron chi connectivity index (χ0n) is 12.3. The Morgan fingerprint density at radius 1 is 1.38 bits per heavy atom. The topological polar surface area (TPSA) is 82.2 Å². The lowest BCUT2D eigenvalue weighted by Gasteiger charge is -2.16. The third-order valence-corrected chi connectivity index (χ3v) is 3.09. The van der Waals surface area contributed by atoms with Gasteiger partial charge in [0.15, 0.2) is 0 Å². The van der Waals surface area contributed by atoms with Gasteiger partial charge in [-0.25, -0.2) is 4.79 Å². The van der Waals surface area contributed by atoms with Gasteiger partial charge in [0.05, 0.1) is 6.61 Å². The summed E-state index contributed by atoms with van der Waals surface area (Å²) in [5, 5.41) is 16.4. The molecule has 0 aliphatic heterocycles. The summed E-state index contributed by atoms with van der Waals surface area (Å²) in [6.45, 7) is 3.97. The largest absolute Gasteiger partial charge is 0.489 e. The molecule has 8 heteroatoms. The van der Waals surface area contributed by atoms with Gasteiger partial charge in [-0.15, -0.1) is 0 Å². The molecule has 0 atom stereocenters. The van der Waals surface area contributed by atoms with Crippen molar-refractivity contribution in [1.82, 2.24) is 19.8 Å². The predicted octanol–water partition coefficient (Wildman–Crippen LogP) is -0.746. The van der Waals surface area contributed by atoms with Crippen LogP contribution in [0.1, 0.15) is 25.3 Å². The number of nitrogens with zero attached hydrogens (tertiary/aromatic N) is 4. The molecule has 1 aromatic heterocycles. The van der Waals surface area contributed by atoms with Crippen LogP contribution in [-0.4, -0.2) is 46.0 Å². The van der Waals surface area contributed by atoms with Crippen molar-refractivity contribution in [2.45, 2.75) is 19.8 Å². The van der Waals surface area contributed by atoms with Crippen molar-refractivity contribution in [2.75, 3.05) is 13.2 Å². The summed E-state index contributed by atoms with van der Waals surface area (Å²) in [7, 11) is 7.53. The molecule has 110 valence electrons. The Labute approximate surface area is 123 Å². The molecule has 0 unspecified atom stereocenters. The van der Waals surface area contributed by atoms with E-state index in [1.165, 1.54) is 7.05 Å². The fraction of sp³-hybridized carbons (Fsp3) is 0.462. The van der Waals surface area contributed by atoms with Crippen molar-refractivity contribution in [2.24, 2.45) is 7.05 Å². The second kappa shape index (κ2) is 6.13. The highest BCUT2D eigenvalue weighted by atomic mass is 16.5. The van der Waals surface area contributed by atoms with E-state index in [1.807, 2.05) is 13.8 Å². The zero-order valence-corrected chi connectivity index (χ0v) is 12.3. The lowest BCUT2D eigenvalue weighted by Crippen LogP contribution is -2.24. The molecule has 0 aliphatic carbocycles.